The number of rotatable bonds is 5. The third-order valence-corrected chi connectivity index (χ3v) is 6.11. The van der Waals surface area contributed by atoms with E-state index < -0.39 is 0 Å². The Morgan fingerprint density at radius 1 is 0.545 bits per heavy atom. The molecule has 0 aromatic rings. The van der Waals surface area contributed by atoms with E-state index in [1.165, 1.54) is 17.9 Å². The van der Waals surface area contributed by atoms with Crippen molar-refractivity contribution in [2.24, 2.45) is 33.5 Å². The summed E-state index contributed by atoms with van der Waals surface area (Å²) in [6.07, 6.45) is 1.33. The predicted octanol–water partition coefficient (Wildman–Crippen LogP) is 7.53. The zero-order valence-corrected chi connectivity index (χ0v) is 18.5. The molecule has 0 aromatic heterocycles. The highest BCUT2D eigenvalue weighted by molar-refractivity contribution is 7.99. The van der Waals surface area contributed by atoms with Gasteiger partial charge in [-0.2, -0.15) is 11.8 Å². The average molecular weight is 329 g/mol. The second kappa shape index (κ2) is 7.49. The summed E-state index contributed by atoms with van der Waals surface area (Å²) in [4.78, 5) is 0. The van der Waals surface area contributed by atoms with E-state index in [-0.39, 0.29) is 0 Å². The minimum absolute atomic E-state index is 0.388. The molecule has 0 nitrogen and oxygen atoms in total. The Kier molecular flexibility index (Phi) is 7.61. The van der Waals surface area contributed by atoms with Crippen LogP contribution in [0.15, 0.2) is 0 Å². The standard InChI is InChI=1S/C21H44S/c1-18(2,3)16(19(4,5)6)13-14-22-15-17(20(7,8)9)21(10,11)12/h16-17H,13-15H2,1-12H3. The molecule has 0 aliphatic heterocycles. The van der Waals surface area contributed by atoms with Gasteiger partial charge in [-0.15, -0.1) is 0 Å². The van der Waals surface area contributed by atoms with Crippen molar-refractivity contribution >= 4 is 11.8 Å². The molecule has 0 spiro atoms. The van der Waals surface area contributed by atoms with E-state index in [0.29, 0.717) is 21.7 Å². The lowest BCUT2D eigenvalue weighted by molar-refractivity contribution is 0.0988. The fourth-order valence-electron chi connectivity index (χ4n) is 4.37. The van der Waals surface area contributed by atoms with Crippen molar-refractivity contribution in [3.8, 4) is 0 Å². The zero-order valence-electron chi connectivity index (χ0n) is 17.7. The molecule has 0 rings (SSSR count). The molecule has 0 amide bonds. The van der Waals surface area contributed by atoms with Crippen molar-refractivity contribution in [3.05, 3.63) is 0 Å². The SMILES string of the molecule is CC(C)(C)C(CCSCC(C(C)(C)C)C(C)(C)C)C(C)(C)C. The summed E-state index contributed by atoms with van der Waals surface area (Å²) in [6, 6.07) is 0. The average Bonchev–Trinajstić information content (AvgIpc) is 2.14. The van der Waals surface area contributed by atoms with Gasteiger partial charge in [0.1, 0.15) is 0 Å². The maximum atomic E-state index is 2.40. The van der Waals surface area contributed by atoms with E-state index in [1.807, 2.05) is 0 Å². The molecule has 0 saturated heterocycles. The first kappa shape index (κ1) is 22.4. The Morgan fingerprint density at radius 2 is 0.864 bits per heavy atom. The van der Waals surface area contributed by atoms with Crippen LogP contribution in [-0.4, -0.2) is 11.5 Å². The highest BCUT2D eigenvalue weighted by Crippen LogP contribution is 2.44. The monoisotopic (exact) mass is 328 g/mol. The molecule has 0 bridgehead atoms. The lowest BCUT2D eigenvalue weighted by atomic mass is 9.65. The predicted molar refractivity (Wildman–Crippen MR) is 107 cm³/mol. The van der Waals surface area contributed by atoms with Gasteiger partial charge in [0.15, 0.2) is 0 Å². The third-order valence-electron chi connectivity index (χ3n) is 5.02. The van der Waals surface area contributed by atoms with Crippen LogP contribution in [0.25, 0.3) is 0 Å². The first-order chi connectivity index (χ1) is 9.47. The first-order valence-electron chi connectivity index (χ1n) is 9.05. The molecule has 0 atom stereocenters. The minimum atomic E-state index is 0.388. The van der Waals surface area contributed by atoms with Gasteiger partial charge in [0.2, 0.25) is 0 Å². The molecule has 22 heavy (non-hydrogen) atoms. The van der Waals surface area contributed by atoms with Gasteiger partial charge in [-0.1, -0.05) is 83.1 Å². The topological polar surface area (TPSA) is 0 Å². The molecule has 0 unspecified atom stereocenters. The Labute approximate surface area is 146 Å². The van der Waals surface area contributed by atoms with Crippen LogP contribution in [0.5, 0.6) is 0 Å². The van der Waals surface area contributed by atoms with Crippen LogP contribution in [0, 0.1) is 33.5 Å². The lowest BCUT2D eigenvalue weighted by Gasteiger charge is -2.42. The Hall–Kier alpha value is 0.350. The molecule has 0 fully saturated rings. The second-order valence-corrected chi connectivity index (χ2v) is 12.6. The first-order valence-corrected chi connectivity index (χ1v) is 10.2. The van der Waals surface area contributed by atoms with Gasteiger partial charge in [0.05, 0.1) is 0 Å². The molecule has 0 saturated carbocycles. The third kappa shape index (κ3) is 7.75. The summed E-state index contributed by atoms with van der Waals surface area (Å²) >= 11 is 2.18. The molecule has 0 aromatic carbocycles. The van der Waals surface area contributed by atoms with E-state index >= 15 is 0 Å². The fraction of sp³-hybridized carbons (Fsp3) is 1.00. The number of hydrogen-bond donors (Lipinski definition) is 0. The van der Waals surface area contributed by atoms with Crippen molar-refractivity contribution in [3.63, 3.8) is 0 Å². The van der Waals surface area contributed by atoms with E-state index in [1.54, 1.807) is 0 Å². The second-order valence-electron chi connectivity index (χ2n) is 11.4. The molecule has 0 N–H and O–H groups in total. The van der Waals surface area contributed by atoms with Crippen LogP contribution in [0.4, 0.5) is 0 Å². The fourth-order valence-corrected chi connectivity index (χ4v) is 6.17. The molecular formula is C21H44S. The summed E-state index contributed by atoms with van der Waals surface area (Å²) in [6.45, 7) is 28.8. The Balaban J connectivity index is 4.63. The molecule has 0 radical (unpaired) electrons. The van der Waals surface area contributed by atoms with Gasteiger partial charge >= 0.3 is 0 Å². The molecule has 134 valence electrons. The van der Waals surface area contributed by atoms with Crippen molar-refractivity contribution in [2.45, 2.75) is 89.5 Å². The Morgan fingerprint density at radius 3 is 1.14 bits per heavy atom. The van der Waals surface area contributed by atoms with Gasteiger partial charge in [0.25, 0.3) is 0 Å². The summed E-state index contributed by atoms with van der Waals surface area (Å²) in [5, 5.41) is 0. The quantitative estimate of drug-likeness (QED) is 0.470. The summed E-state index contributed by atoms with van der Waals surface area (Å²) in [5.41, 5.74) is 1.57. The van der Waals surface area contributed by atoms with Crippen LogP contribution < -0.4 is 0 Å². The van der Waals surface area contributed by atoms with Gasteiger partial charge in [-0.05, 0) is 51.4 Å². The number of thioether (sulfide) groups is 1. The van der Waals surface area contributed by atoms with Crippen LogP contribution in [0.3, 0.4) is 0 Å². The lowest BCUT2D eigenvalue weighted by Crippen LogP contribution is -2.35. The molecule has 0 aliphatic rings. The highest BCUT2D eigenvalue weighted by Gasteiger charge is 2.36. The van der Waals surface area contributed by atoms with E-state index in [4.69, 9.17) is 0 Å². The number of hydrogen-bond acceptors (Lipinski definition) is 1. The molecular weight excluding hydrogens is 284 g/mol. The summed E-state index contributed by atoms with van der Waals surface area (Å²) < 4.78 is 0. The van der Waals surface area contributed by atoms with Crippen LogP contribution >= 0.6 is 11.8 Å². The molecule has 0 aliphatic carbocycles. The van der Waals surface area contributed by atoms with Gasteiger partial charge in [0, 0.05) is 0 Å². The van der Waals surface area contributed by atoms with Crippen LogP contribution in [-0.2, 0) is 0 Å². The normalized spacial score (nSPS) is 15.0. The van der Waals surface area contributed by atoms with E-state index in [2.05, 4.69) is 94.8 Å². The van der Waals surface area contributed by atoms with Crippen molar-refractivity contribution in [1.29, 1.82) is 0 Å². The highest BCUT2D eigenvalue weighted by atomic mass is 32.2. The van der Waals surface area contributed by atoms with E-state index in [9.17, 15) is 0 Å². The van der Waals surface area contributed by atoms with Crippen molar-refractivity contribution in [2.75, 3.05) is 11.5 Å². The van der Waals surface area contributed by atoms with Crippen molar-refractivity contribution in [1.82, 2.24) is 0 Å². The minimum Gasteiger partial charge on any atom is -0.162 e. The smallest absolute Gasteiger partial charge is 0.00291 e. The zero-order chi connectivity index (χ0) is 18.0. The van der Waals surface area contributed by atoms with Gasteiger partial charge in [-0.3, -0.25) is 0 Å². The maximum Gasteiger partial charge on any atom is -0.00291 e. The summed E-state index contributed by atoms with van der Waals surface area (Å²) in [7, 11) is 0. The van der Waals surface area contributed by atoms with Crippen LogP contribution in [0.2, 0.25) is 0 Å². The largest absolute Gasteiger partial charge is 0.162 e. The molecule has 1 heteroatoms. The van der Waals surface area contributed by atoms with Gasteiger partial charge < -0.3 is 0 Å². The Bertz CT molecular complexity index is 252. The van der Waals surface area contributed by atoms with Gasteiger partial charge in [-0.25, -0.2) is 0 Å². The maximum absolute atomic E-state index is 2.40. The summed E-state index contributed by atoms with van der Waals surface area (Å²) in [5.74, 6) is 4.11. The van der Waals surface area contributed by atoms with Crippen molar-refractivity contribution < 1.29 is 0 Å². The molecule has 0 heterocycles. The van der Waals surface area contributed by atoms with E-state index in [0.717, 1.165) is 11.8 Å². The van der Waals surface area contributed by atoms with Crippen LogP contribution in [0.1, 0.15) is 89.5 Å².